The summed E-state index contributed by atoms with van der Waals surface area (Å²) in [4.78, 5) is 24.6. The van der Waals surface area contributed by atoms with Crippen LogP contribution in [-0.4, -0.2) is 17.0 Å². The minimum Gasteiger partial charge on any atom is -0.454 e. The molecule has 150 valence electrons. The second kappa shape index (κ2) is 8.52. The highest BCUT2D eigenvalue weighted by atomic mass is 16.4. The first-order valence-corrected chi connectivity index (χ1v) is 10.2. The number of pyridine rings is 1. The molecule has 2 heterocycles. The topological polar surface area (TPSA) is 64.2 Å². The molecule has 5 nitrogen and oxygen atoms in total. The Morgan fingerprint density at radius 2 is 1.72 bits per heavy atom. The standard InChI is InChI=1S/C24H26N2O3/c27-22-11-5-8-16-26(22)17-20-12-13-21(29-20)23(28)25-18-24(14-6-2-7-15-24)19-9-3-1-4-10-19/h1,3-5,8-13,16H,2,6-7,14-15,17-18H2,(H,25,28). The molecule has 0 aliphatic heterocycles. The molecule has 2 aromatic heterocycles. The molecule has 0 radical (unpaired) electrons. The molecule has 0 atom stereocenters. The lowest BCUT2D eigenvalue weighted by Crippen LogP contribution is -2.42. The Labute approximate surface area is 170 Å². The van der Waals surface area contributed by atoms with Gasteiger partial charge < -0.3 is 14.3 Å². The van der Waals surface area contributed by atoms with Crippen molar-refractivity contribution < 1.29 is 9.21 Å². The maximum atomic E-state index is 12.7. The van der Waals surface area contributed by atoms with Crippen molar-refractivity contribution in [2.24, 2.45) is 0 Å². The summed E-state index contributed by atoms with van der Waals surface area (Å²) in [6.45, 7) is 0.908. The Kier molecular flexibility index (Phi) is 5.65. The highest BCUT2D eigenvalue weighted by molar-refractivity contribution is 5.91. The van der Waals surface area contributed by atoms with Crippen LogP contribution < -0.4 is 10.9 Å². The van der Waals surface area contributed by atoms with E-state index in [1.54, 1.807) is 35.0 Å². The molecular weight excluding hydrogens is 364 g/mol. The molecule has 1 fully saturated rings. The fourth-order valence-electron chi connectivity index (χ4n) is 4.27. The van der Waals surface area contributed by atoms with Crippen LogP contribution in [0.4, 0.5) is 0 Å². The second-order valence-electron chi connectivity index (χ2n) is 7.82. The lowest BCUT2D eigenvalue weighted by atomic mass is 9.69. The van der Waals surface area contributed by atoms with Gasteiger partial charge in [0.2, 0.25) is 0 Å². The summed E-state index contributed by atoms with van der Waals surface area (Å²) in [7, 11) is 0. The van der Waals surface area contributed by atoms with E-state index in [2.05, 4.69) is 29.6 Å². The zero-order valence-corrected chi connectivity index (χ0v) is 16.5. The molecule has 5 heteroatoms. The predicted octanol–water partition coefficient (Wildman–Crippen LogP) is 4.12. The maximum absolute atomic E-state index is 12.7. The zero-order chi connectivity index (χ0) is 20.1. The number of amides is 1. The van der Waals surface area contributed by atoms with Crippen LogP contribution in [-0.2, 0) is 12.0 Å². The number of furan rings is 1. The number of hydrogen-bond donors (Lipinski definition) is 1. The lowest BCUT2D eigenvalue weighted by molar-refractivity contribution is 0.0907. The summed E-state index contributed by atoms with van der Waals surface area (Å²) < 4.78 is 7.26. The molecule has 1 aliphatic rings. The maximum Gasteiger partial charge on any atom is 0.287 e. The van der Waals surface area contributed by atoms with Crippen LogP contribution >= 0.6 is 0 Å². The van der Waals surface area contributed by atoms with Crippen LogP contribution in [0.1, 0.15) is 54.0 Å². The van der Waals surface area contributed by atoms with Gasteiger partial charge in [-0.25, -0.2) is 0 Å². The van der Waals surface area contributed by atoms with Crippen LogP contribution in [0.3, 0.4) is 0 Å². The second-order valence-corrected chi connectivity index (χ2v) is 7.82. The number of carbonyl (C=O) groups excluding carboxylic acids is 1. The Balaban J connectivity index is 1.44. The van der Waals surface area contributed by atoms with Crippen molar-refractivity contribution >= 4 is 5.91 Å². The van der Waals surface area contributed by atoms with Gasteiger partial charge in [0.15, 0.2) is 5.76 Å². The van der Waals surface area contributed by atoms with E-state index >= 15 is 0 Å². The van der Waals surface area contributed by atoms with Gasteiger partial charge in [-0.3, -0.25) is 9.59 Å². The number of hydrogen-bond acceptors (Lipinski definition) is 3. The van der Waals surface area contributed by atoms with E-state index in [9.17, 15) is 9.59 Å². The van der Waals surface area contributed by atoms with Gasteiger partial charge in [-0.1, -0.05) is 55.7 Å². The number of rotatable bonds is 6. The smallest absolute Gasteiger partial charge is 0.287 e. The SMILES string of the molecule is O=C(NCC1(c2ccccc2)CCCCC1)c1ccc(Cn2ccccc2=O)o1. The van der Waals surface area contributed by atoms with E-state index in [4.69, 9.17) is 4.42 Å². The van der Waals surface area contributed by atoms with Crippen molar-refractivity contribution in [3.8, 4) is 0 Å². The third kappa shape index (κ3) is 4.34. The average Bonchev–Trinajstić information content (AvgIpc) is 3.24. The average molecular weight is 390 g/mol. The van der Waals surface area contributed by atoms with E-state index < -0.39 is 0 Å². The minimum atomic E-state index is -0.211. The number of nitrogens with zero attached hydrogens (tertiary/aromatic N) is 1. The summed E-state index contributed by atoms with van der Waals surface area (Å²) in [6, 6.07) is 18.9. The Morgan fingerprint density at radius 1 is 0.966 bits per heavy atom. The molecule has 1 amide bonds. The summed E-state index contributed by atoms with van der Waals surface area (Å²) >= 11 is 0. The molecule has 1 N–H and O–H groups in total. The van der Waals surface area contributed by atoms with Crippen molar-refractivity contribution in [3.63, 3.8) is 0 Å². The van der Waals surface area contributed by atoms with Gasteiger partial charge in [0.25, 0.3) is 11.5 Å². The molecule has 0 bridgehead atoms. The van der Waals surface area contributed by atoms with E-state index in [1.807, 2.05) is 6.07 Å². The van der Waals surface area contributed by atoms with Crippen LogP contribution in [0.15, 0.2) is 76.1 Å². The molecule has 3 aromatic rings. The van der Waals surface area contributed by atoms with Gasteiger partial charge >= 0.3 is 0 Å². The van der Waals surface area contributed by atoms with E-state index in [1.165, 1.54) is 30.9 Å². The molecule has 0 unspecified atom stereocenters. The molecular formula is C24H26N2O3. The summed E-state index contributed by atoms with van der Waals surface area (Å²) in [5.74, 6) is 0.652. The van der Waals surface area contributed by atoms with Gasteiger partial charge in [-0.15, -0.1) is 0 Å². The molecule has 1 aromatic carbocycles. The summed E-state index contributed by atoms with van der Waals surface area (Å²) in [5.41, 5.74) is 1.18. The zero-order valence-electron chi connectivity index (χ0n) is 16.5. The number of carbonyl (C=O) groups is 1. The van der Waals surface area contributed by atoms with Crippen LogP contribution in [0.5, 0.6) is 0 Å². The van der Waals surface area contributed by atoms with Gasteiger partial charge in [-0.05, 0) is 36.6 Å². The van der Waals surface area contributed by atoms with Crippen LogP contribution in [0.25, 0.3) is 0 Å². The number of nitrogens with one attached hydrogen (secondary N) is 1. The van der Waals surface area contributed by atoms with E-state index in [-0.39, 0.29) is 22.6 Å². The summed E-state index contributed by atoms with van der Waals surface area (Å²) in [6.07, 6.45) is 7.48. The summed E-state index contributed by atoms with van der Waals surface area (Å²) in [5, 5.41) is 3.10. The van der Waals surface area contributed by atoms with Gasteiger partial charge in [0.1, 0.15) is 5.76 Å². The molecule has 4 rings (SSSR count). The van der Waals surface area contributed by atoms with Crippen molar-refractivity contribution in [2.75, 3.05) is 6.54 Å². The predicted molar refractivity (Wildman–Crippen MR) is 112 cm³/mol. The molecule has 0 saturated heterocycles. The number of aromatic nitrogens is 1. The fourth-order valence-corrected chi connectivity index (χ4v) is 4.27. The normalized spacial score (nSPS) is 15.7. The highest BCUT2D eigenvalue weighted by Gasteiger charge is 2.34. The fraction of sp³-hybridized carbons (Fsp3) is 0.333. The molecule has 1 saturated carbocycles. The first-order chi connectivity index (χ1) is 14.2. The van der Waals surface area contributed by atoms with Gasteiger partial charge in [0, 0.05) is 24.2 Å². The molecule has 1 aliphatic carbocycles. The molecule has 29 heavy (non-hydrogen) atoms. The largest absolute Gasteiger partial charge is 0.454 e. The van der Waals surface area contributed by atoms with Crippen molar-refractivity contribution in [3.05, 3.63) is 94.3 Å². The molecule has 0 spiro atoms. The minimum absolute atomic E-state index is 0.0120. The van der Waals surface area contributed by atoms with Crippen LogP contribution in [0, 0.1) is 0 Å². The Bertz CT molecular complexity index is 1010. The van der Waals surface area contributed by atoms with E-state index in [0.717, 1.165) is 12.8 Å². The quantitative estimate of drug-likeness (QED) is 0.689. The van der Waals surface area contributed by atoms with Crippen molar-refractivity contribution in [1.82, 2.24) is 9.88 Å². The first-order valence-electron chi connectivity index (χ1n) is 10.2. The van der Waals surface area contributed by atoms with Gasteiger partial charge in [0.05, 0.1) is 6.54 Å². The number of benzene rings is 1. The Morgan fingerprint density at radius 3 is 2.48 bits per heavy atom. The van der Waals surface area contributed by atoms with Crippen LogP contribution in [0.2, 0.25) is 0 Å². The van der Waals surface area contributed by atoms with Gasteiger partial charge in [-0.2, -0.15) is 0 Å². The van der Waals surface area contributed by atoms with E-state index in [0.29, 0.717) is 18.8 Å². The Hall–Kier alpha value is -3.08. The highest BCUT2D eigenvalue weighted by Crippen LogP contribution is 2.39. The third-order valence-electron chi connectivity index (χ3n) is 5.89. The third-order valence-corrected chi connectivity index (χ3v) is 5.89. The lowest BCUT2D eigenvalue weighted by Gasteiger charge is -2.38. The monoisotopic (exact) mass is 390 g/mol. The van der Waals surface area contributed by atoms with Crippen molar-refractivity contribution in [1.29, 1.82) is 0 Å². The first kappa shape index (κ1) is 19.2. The van der Waals surface area contributed by atoms with Crippen molar-refractivity contribution in [2.45, 2.75) is 44.1 Å².